The summed E-state index contributed by atoms with van der Waals surface area (Å²) in [6.45, 7) is 2.08. The average Bonchev–Trinajstić information content (AvgIpc) is 2.47. The van der Waals surface area contributed by atoms with Crippen molar-refractivity contribution in [2.45, 2.75) is 32.6 Å². The minimum absolute atomic E-state index is 0.182. The molecule has 2 N–H and O–H groups in total. The van der Waals surface area contributed by atoms with E-state index in [0.717, 1.165) is 17.5 Å². The first-order chi connectivity index (χ1) is 10.1. The van der Waals surface area contributed by atoms with Crippen molar-refractivity contribution < 1.29 is 9.18 Å². The van der Waals surface area contributed by atoms with Gasteiger partial charge < -0.3 is 5.73 Å². The van der Waals surface area contributed by atoms with Crippen LogP contribution in [0, 0.1) is 5.82 Å². The summed E-state index contributed by atoms with van der Waals surface area (Å²) in [5.74, 6) is -0.481. The van der Waals surface area contributed by atoms with E-state index in [9.17, 15) is 9.18 Å². The van der Waals surface area contributed by atoms with Crippen LogP contribution in [0.3, 0.4) is 0 Å². The lowest BCUT2D eigenvalue weighted by Crippen LogP contribution is -2.11. The first-order valence-electron chi connectivity index (χ1n) is 7.22. The van der Waals surface area contributed by atoms with E-state index in [4.69, 9.17) is 5.73 Å². The van der Waals surface area contributed by atoms with Gasteiger partial charge in [-0.25, -0.2) is 4.39 Å². The van der Waals surface area contributed by atoms with Crippen molar-refractivity contribution >= 4 is 5.91 Å². The molecule has 0 bridgehead atoms. The number of amides is 1. The number of hydrogen-bond acceptors (Lipinski definition) is 1. The third kappa shape index (κ3) is 4.42. The molecule has 0 aliphatic heterocycles. The van der Waals surface area contributed by atoms with Crippen LogP contribution in [0.4, 0.5) is 4.39 Å². The lowest BCUT2D eigenvalue weighted by molar-refractivity contribution is -0.117. The molecule has 2 rings (SSSR count). The maximum absolute atomic E-state index is 13.8. The third-order valence-electron chi connectivity index (χ3n) is 3.53. The fourth-order valence-electron chi connectivity index (χ4n) is 2.42. The summed E-state index contributed by atoms with van der Waals surface area (Å²) < 4.78 is 13.8. The minimum atomic E-state index is -0.299. The molecule has 0 aromatic heterocycles. The molecular formula is C18H20FNO. The molecule has 110 valence electrons. The lowest BCUT2D eigenvalue weighted by Gasteiger charge is -2.09. The summed E-state index contributed by atoms with van der Waals surface area (Å²) in [5, 5.41) is 0. The normalized spacial score (nSPS) is 10.6. The molecule has 0 saturated heterocycles. The Kier molecular flexibility index (Phi) is 5.09. The van der Waals surface area contributed by atoms with Gasteiger partial charge in [0, 0.05) is 12.8 Å². The summed E-state index contributed by atoms with van der Waals surface area (Å²) in [7, 11) is 0. The summed E-state index contributed by atoms with van der Waals surface area (Å²) in [5.41, 5.74) is 9.24. The van der Waals surface area contributed by atoms with Crippen molar-refractivity contribution in [3.8, 4) is 0 Å². The summed E-state index contributed by atoms with van der Waals surface area (Å²) in [6.07, 6.45) is 2.44. The molecule has 0 atom stereocenters. The number of aryl methyl sites for hydroxylation is 2. The van der Waals surface area contributed by atoms with Gasteiger partial charge in [0.1, 0.15) is 5.82 Å². The van der Waals surface area contributed by atoms with Gasteiger partial charge in [0.25, 0.3) is 0 Å². The number of primary amides is 1. The topological polar surface area (TPSA) is 43.1 Å². The van der Waals surface area contributed by atoms with Crippen LogP contribution in [-0.2, 0) is 24.1 Å². The zero-order valence-corrected chi connectivity index (χ0v) is 12.2. The Hall–Kier alpha value is -2.16. The number of carbonyl (C=O) groups is 1. The van der Waals surface area contributed by atoms with Gasteiger partial charge >= 0.3 is 0 Å². The second-order valence-electron chi connectivity index (χ2n) is 5.25. The van der Waals surface area contributed by atoms with Crippen LogP contribution in [-0.4, -0.2) is 5.91 Å². The number of carbonyl (C=O) groups excluding carboxylic acids is 1. The van der Waals surface area contributed by atoms with E-state index in [1.165, 1.54) is 11.6 Å². The highest BCUT2D eigenvalue weighted by atomic mass is 19.1. The average molecular weight is 285 g/mol. The van der Waals surface area contributed by atoms with Crippen molar-refractivity contribution in [1.82, 2.24) is 0 Å². The largest absolute Gasteiger partial charge is 0.370 e. The van der Waals surface area contributed by atoms with Crippen LogP contribution >= 0.6 is 0 Å². The molecule has 2 aromatic carbocycles. The first kappa shape index (κ1) is 15.2. The molecule has 0 saturated carbocycles. The molecule has 21 heavy (non-hydrogen) atoms. The molecule has 2 nitrogen and oxygen atoms in total. The molecule has 0 aliphatic carbocycles. The van der Waals surface area contributed by atoms with Gasteiger partial charge in [-0.2, -0.15) is 0 Å². The standard InChI is InChI=1S/C18H20FNO/c1-2-13-9-14(7-8-18(20)21)11-15(10-13)12-16-5-3-4-6-17(16)19/h3-6,9-11H,2,7-8,12H2,1H3,(H2,20,21). The van der Waals surface area contributed by atoms with Crippen molar-refractivity contribution in [3.05, 3.63) is 70.5 Å². The number of rotatable bonds is 6. The fourth-order valence-corrected chi connectivity index (χ4v) is 2.42. The predicted molar refractivity (Wildman–Crippen MR) is 82.5 cm³/mol. The summed E-state index contributed by atoms with van der Waals surface area (Å²) in [4.78, 5) is 10.9. The molecule has 0 unspecified atom stereocenters. The van der Waals surface area contributed by atoms with Gasteiger partial charge in [0.15, 0.2) is 0 Å². The molecule has 0 aliphatic rings. The highest BCUT2D eigenvalue weighted by molar-refractivity contribution is 5.74. The van der Waals surface area contributed by atoms with E-state index in [1.54, 1.807) is 12.1 Å². The Bertz CT molecular complexity index is 637. The molecule has 2 aromatic rings. The monoisotopic (exact) mass is 285 g/mol. The van der Waals surface area contributed by atoms with E-state index in [0.29, 0.717) is 24.8 Å². The number of benzene rings is 2. The molecule has 0 radical (unpaired) electrons. The number of halogens is 1. The van der Waals surface area contributed by atoms with Crippen molar-refractivity contribution in [2.24, 2.45) is 5.73 Å². The molecule has 1 amide bonds. The SMILES string of the molecule is CCc1cc(CCC(N)=O)cc(Cc2ccccc2F)c1. The van der Waals surface area contributed by atoms with Crippen molar-refractivity contribution in [1.29, 1.82) is 0 Å². The quantitative estimate of drug-likeness (QED) is 0.868. The Labute approximate surface area is 124 Å². The van der Waals surface area contributed by atoms with Crippen molar-refractivity contribution in [2.75, 3.05) is 0 Å². The van der Waals surface area contributed by atoms with Crippen LogP contribution < -0.4 is 5.73 Å². The number of hydrogen-bond donors (Lipinski definition) is 1. The van der Waals surface area contributed by atoms with Crippen LogP contribution in [0.25, 0.3) is 0 Å². The van der Waals surface area contributed by atoms with Gasteiger partial charge in [0.05, 0.1) is 0 Å². The fraction of sp³-hybridized carbons (Fsp3) is 0.278. The smallest absolute Gasteiger partial charge is 0.217 e. The zero-order valence-electron chi connectivity index (χ0n) is 12.2. The van der Waals surface area contributed by atoms with Crippen LogP contribution in [0.2, 0.25) is 0 Å². The molecule has 0 heterocycles. The van der Waals surface area contributed by atoms with Gasteiger partial charge in [-0.1, -0.05) is 43.3 Å². The number of nitrogens with two attached hydrogens (primary N) is 1. The van der Waals surface area contributed by atoms with E-state index >= 15 is 0 Å². The second-order valence-corrected chi connectivity index (χ2v) is 5.25. The van der Waals surface area contributed by atoms with Gasteiger partial charge in [0.2, 0.25) is 5.91 Å². The van der Waals surface area contributed by atoms with Gasteiger partial charge in [-0.3, -0.25) is 4.79 Å². The third-order valence-corrected chi connectivity index (χ3v) is 3.53. The second kappa shape index (κ2) is 7.02. The van der Waals surface area contributed by atoms with E-state index < -0.39 is 0 Å². The Morgan fingerprint density at radius 3 is 2.43 bits per heavy atom. The highest BCUT2D eigenvalue weighted by Crippen LogP contribution is 2.18. The van der Waals surface area contributed by atoms with E-state index in [1.807, 2.05) is 12.1 Å². The van der Waals surface area contributed by atoms with Gasteiger partial charge in [-0.15, -0.1) is 0 Å². The lowest BCUT2D eigenvalue weighted by atomic mass is 9.96. The molecular weight excluding hydrogens is 265 g/mol. The minimum Gasteiger partial charge on any atom is -0.370 e. The maximum atomic E-state index is 13.8. The first-order valence-corrected chi connectivity index (χ1v) is 7.22. The Morgan fingerprint density at radius 1 is 1.10 bits per heavy atom. The summed E-state index contributed by atoms with van der Waals surface area (Å²) in [6, 6.07) is 13.0. The molecule has 0 fully saturated rings. The Morgan fingerprint density at radius 2 is 1.76 bits per heavy atom. The van der Waals surface area contributed by atoms with Crippen LogP contribution in [0.1, 0.15) is 35.6 Å². The van der Waals surface area contributed by atoms with Gasteiger partial charge in [-0.05, 0) is 41.2 Å². The van der Waals surface area contributed by atoms with Crippen LogP contribution in [0.5, 0.6) is 0 Å². The van der Waals surface area contributed by atoms with Crippen molar-refractivity contribution in [3.63, 3.8) is 0 Å². The zero-order chi connectivity index (χ0) is 15.2. The predicted octanol–water partition coefficient (Wildman–Crippen LogP) is 3.40. The highest BCUT2D eigenvalue weighted by Gasteiger charge is 2.06. The van der Waals surface area contributed by atoms with Crippen LogP contribution in [0.15, 0.2) is 42.5 Å². The molecule has 3 heteroatoms. The van der Waals surface area contributed by atoms with E-state index in [2.05, 4.69) is 19.1 Å². The van der Waals surface area contributed by atoms with E-state index in [-0.39, 0.29) is 11.7 Å². The Balaban J connectivity index is 2.24. The molecule has 0 spiro atoms. The summed E-state index contributed by atoms with van der Waals surface area (Å²) >= 11 is 0. The maximum Gasteiger partial charge on any atom is 0.217 e.